The van der Waals surface area contributed by atoms with Crippen molar-refractivity contribution in [3.8, 4) is 11.8 Å². The van der Waals surface area contributed by atoms with Gasteiger partial charge in [-0.2, -0.15) is 0 Å². The highest BCUT2D eigenvalue weighted by molar-refractivity contribution is 5.95. The van der Waals surface area contributed by atoms with Gasteiger partial charge in [-0.3, -0.25) is 14.4 Å². The number of carbonyl (C=O) groups is 3. The Morgan fingerprint density at radius 3 is 2.41 bits per heavy atom. The van der Waals surface area contributed by atoms with Crippen LogP contribution in [0.25, 0.3) is 10.8 Å². The first-order valence-electron chi connectivity index (χ1n) is 15.9. The van der Waals surface area contributed by atoms with Gasteiger partial charge in [0.15, 0.2) is 0 Å². The summed E-state index contributed by atoms with van der Waals surface area (Å²) in [5.41, 5.74) is 7.35. The fourth-order valence-corrected chi connectivity index (χ4v) is 5.41. The summed E-state index contributed by atoms with van der Waals surface area (Å²) in [6, 6.07) is 21.9. The van der Waals surface area contributed by atoms with Crippen LogP contribution in [0.15, 0.2) is 84.9 Å². The maximum atomic E-state index is 14.3. The van der Waals surface area contributed by atoms with E-state index in [9.17, 15) is 14.4 Å². The molecule has 3 aromatic rings. The number of amides is 3. The number of nitrogens with zero attached hydrogens (tertiary/aromatic N) is 2. The van der Waals surface area contributed by atoms with Crippen LogP contribution in [0.1, 0.15) is 50.7 Å². The van der Waals surface area contributed by atoms with Crippen molar-refractivity contribution in [1.29, 1.82) is 0 Å². The van der Waals surface area contributed by atoms with Crippen LogP contribution in [0.4, 0.5) is 0 Å². The molecule has 0 radical (unpaired) electrons. The number of likely N-dealkylation sites (N-methyl/N-ethyl adjacent to an activating group) is 2. The van der Waals surface area contributed by atoms with Gasteiger partial charge in [-0.15, -0.1) is 0 Å². The molecule has 8 heteroatoms. The van der Waals surface area contributed by atoms with Gasteiger partial charge in [-0.1, -0.05) is 78.6 Å². The molecular weight excluding hydrogens is 576 g/mol. The second kappa shape index (κ2) is 16.2. The minimum atomic E-state index is -0.926. The third-order valence-electron chi connectivity index (χ3n) is 8.20. The Labute approximate surface area is 273 Å². The Kier molecular flexibility index (Phi) is 12.1. The molecule has 3 atom stereocenters. The summed E-state index contributed by atoms with van der Waals surface area (Å²) in [5.74, 6) is 5.34. The van der Waals surface area contributed by atoms with Gasteiger partial charge in [0.25, 0.3) is 0 Å². The molecule has 46 heavy (non-hydrogen) atoms. The Bertz CT molecular complexity index is 1580. The van der Waals surface area contributed by atoms with Gasteiger partial charge < -0.3 is 25.6 Å². The van der Waals surface area contributed by atoms with E-state index in [-0.39, 0.29) is 30.2 Å². The van der Waals surface area contributed by atoms with Gasteiger partial charge in [0, 0.05) is 51.2 Å². The van der Waals surface area contributed by atoms with Gasteiger partial charge in [0.2, 0.25) is 17.7 Å². The maximum Gasteiger partial charge on any atom is 0.246 e. The highest BCUT2D eigenvalue weighted by Crippen LogP contribution is 2.17. The average molecular weight is 623 g/mol. The van der Waals surface area contributed by atoms with E-state index >= 15 is 0 Å². The molecule has 0 aromatic heterocycles. The number of benzene rings is 3. The Hall–Kier alpha value is -4.45. The highest BCUT2D eigenvalue weighted by Gasteiger charge is 2.34. The number of fused-ring (bicyclic) bond motifs is 1. The van der Waals surface area contributed by atoms with E-state index in [1.54, 1.807) is 20.2 Å². The van der Waals surface area contributed by atoms with Crippen LogP contribution in [0.3, 0.4) is 0 Å². The predicted molar refractivity (Wildman–Crippen MR) is 183 cm³/mol. The molecule has 3 amide bonds. The fraction of sp³-hybridized carbons (Fsp3) is 0.395. The molecule has 1 aliphatic heterocycles. The second-order valence-corrected chi connectivity index (χ2v) is 12.7. The number of rotatable bonds is 12. The SMILES string of the molecule is CN(C(=O)/C=C/CC(C)(C)N)[C@H](CC#Cc1ccc2ccccc2c1)C(=O)N(C)[C@H](Cc1ccccc1)C(=O)NCC1CCCO1. The summed E-state index contributed by atoms with van der Waals surface area (Å²) in [4.78, 5) is 44.0. The van der Waals surface area contributed by atoms with Crippen LogP contribution in [0.5, 0.6) is 0 Å². The molecule has 242 valence electrons. The molecule has 1 fully saturated rings. The minimum Gasteiger partial charge on any atom is -0.376 e. The van der Waals surface area contributed by atoms with Gasteiger partial charge >= 0.3 is 0 Å². The van der Waals surface area contributed by atoms with E-state index in [1.807, 2.05) is 86.6 Å². The van der Waals surface area contributed by atoms with Gasteiger partial charge in [-0.05, 0) is 67.7 Å². The zero-order valence-electron chi connectivity index (χ0n) is 27.4. The molecule has 0 aliphatic carbocycles. The first-order chi connectivity index (χ1) is 22.0. The number of ether oxygens (including phenoxy) is 1. The largest absolute Gasteiger partial charge is 0.376 e. The van der Waals surface area contributed by atoms with E-state index in [2.05, 4.69) is 17.2 Å². The van der Waals surface area contributed by atoms with Crippen molar-refractivity contribution in [1.82, 2.24) is 15.1 Å². The monoisotopic (exact) mass is 622 g/mol. The second-order valence-electron chi connectivity index (χ2n) is 12.7. The smallest absolute Gasteiger partial charge is 0.246 e. The van der Waals surface area contributed by atoms with Gasteiger partial charge in [-0.25, -0.2) is 0 Å². The van der Waals surface area contributed by atoms with Crippen molar-refractivity contribution in [2.24, 2.45) is 5.73 Å². The minimum absolute atomic E-state index is 0.0329. The number of carbonyl (C=O) groups excluding carboxylic acids is 3. The van der Waals surface area contributed by atoms with Gasteiger partial charge in [0.1, 0.15) is 12.1 Å². The van der Waals surface area contributed by atoms with E-state index in [0.717, 1.165) is 34.7 Å². The van der Waals surface area contributed by atoms with Crippen LogP contribution < -0.4 is 11.1 Å². The molecular formula is C38H46N4O4. The zero-order chi connectivity index (χ0) is 33.1. The number of hydrogen-bond acceptors (Lipinski definition) is 5. The number of nitrogens with two attached hydrogens (primary N) is 1. The van der Waals surface area contributed by atoms with Crippen LogP contribution >= 0.6 is 0 Å². The number of hydrogen-bond donors (Lipinski definition) is 2. The van der Waals surface area contributed by atoms with Crippen LogP contribution in [-0.4, -0.2) is 78.5 Å². The zero-order valence-corrected chi connectivity index (χ0v) is 27.4. The van der Waals surface area contributed by atoms with E-state index in [0.29, 0.717) is 26.0 Å². The Morgan fingerprint density at radius 2 is 1.72 bits per heavy atom. The van der Waals surface area contributed by atoms with E-state index in [4.69, 9.17) is 10.5 Å². The fourth-order valence-electron chi connectivity index (χ4n) is 5.41. The van der Waals surface area contributed by atoms with E-state index in [1.165, 1.54) is 15.9 Å². The molecule has 0 bridgehead atoms. The lowest BCUT2D eigenvalue weighted by Crippen LogP contribution is -2.55. The normalized spacial score (nSPS) is 16.0. The lowest BCUT2D eigenvalue weighted by Gasteiger charge is -2.33. The molecule has 1 saturated heterocycles. The first kappa shape index (κ1) is 34.4. The lowest BCUT2D eigenvalue weighted by molar-refractivity contribution is -0.146. The van der Waals surface area contributed by atoms with Crippen molar-refractivity contribution in [3.05, 3.63) is 96.1 Å². The molecule has 1 aliphatic rings. The first-order valence-corrected chi connectivity index (χ1v) is 15.9. The summed E-state index contributed by atoms with van der Waals surface area (Å²) in [5, 5.41) is 5.19. The molecule has 3 aromatic carbocycles. The molecule has 4 rings (SSSR count). The number of nitrogens with one attached hydrogen (secondary N) is 1. The summed E-state index contributed by atoms with van der Waals surface area (Å²) in [7, 11) is 3.22. The van der Waals surface area contributed by atoms with E-state index < -0.39 is 17.6 Å². The van der Waals surface area contributed by atoms with Crippen molar-refractivity contribution < 1.29 is 19.1 Å². The molecule has 0 spiro atoms. The van der Waals surface area contributed by atoms with Crippen LogP contribution in [-0.2, 0) is 25.5 Å². The maximum absolute atomic E-state index is 14.3. The quantitative estimate of drug-likeness (QED) is 0.229. The third kappa shape index (κ3) is 10.0. The summed E-state index contributed by atoms with van der Waals surface area (Å²) >= 11 is 0. The predicted octanol–water partition coefficient (Wildman–Crippen LogP) is 4.46. The third-order valence-corrected chi connectivity index (χ3v) is 8.20. The summed E-state index contributed by atoms with van der Waals surface area (Å²) in [6.07, 6.45) is 5.89. The summed E-state index contributed by atoms with van der Waals surface area (Å²) < 4.78 is 5.69. The van der Waals surface area contributed by atoms with Crippen molar-refractivity contribution in [3.63, 3.8) is 0 Å². The Balaban J connectivity index is 1.59. The van der Waals surface area contributed by atoms with Crippen molar-refractivity contribution in [2.45, 2.75) is 69.7 Å². The van der Waals surface area contributed by atoms with Crippen molar-refractivity contribution >= 4 is 28.5 Å². The molecule has 8 nitrogen and oxygen atoms in total. The molecule has 0 saturated carbocycles. The van der Waals surface area contributed by atoms with Crippen LogP contribution in [0, 0.1) is 11.8 Å². The lowest BCUT2D eigenvalue weighted by atomic mass is 10.0. The Morgan fingerprint density at radius 1 is 1.00 bits per heavy atom. The molecule has 1 heterocycles. The standard InChI is InChI=1S/C38H46N4O4/c1-38(2,39)23-11-20-35(43)41(3)33(19-10-15-29-21-22-30-16-8-9-17-31(30)25-29)37(45)42(4)34(26-28-13-6-5-7-14-28)36(44)40-27-32-18-12-24-46-32/h5-9,11,13-14,16-17,20-22,25,32-34H,12,18-19,23-24,26-27,39H2,1-4H3,(H,40,44)/b20-11+/t32?,33-,34-/m1/s1. The summed E-state index contributed by atoms with van der Waals surface area (Å²) in [6.45, 7) is 4.83. The van der Waals surface area contributed by atoms with Crippen LogP contribution in [0.2, 0.25) is 0 Å². The highest BCUT2D eigenvalue weighted by atomic mass is 16.5. The topological polar surface area (TPSA) is 105 Å². The average Bonchev–Trinajstić information content (AvgIpc) is 3.57. The molecule has 3 N–H and O–H groups in total. The van der Waals surface area contributed by atoms with Gasteiger partial charge in [0.05, 0.1) is 6.10 Å². The molecule has 1 unspecified atom stereocenters. The van der Waals surface area contributed by atoms with Crippen molar-refractivity contribution in [2.75, 3.05) is 27.2 Å².